The van der Waals surface area contributed by atoms with Gasteiger partial charge in [-0.3, -0.25) is 9.59 Å². The van der Waals surface area contributed by atoms with Crippen LogP contribution in [0.15, 0.2) is 30.3 Å². The molecule has 18 heavy (non-hydrogen) atoms. The number of hydrogen-bond donors (Lipinski definition) is 1. The van der Waals surface area contributed by atoms with Gasteiger partial charge in [0, 0.05) is 17.6 Å². The molecule has 0 radical (unpaired) electrons. The lowest BCUT2D eigenvalue weighted by atomic mass is 10.2. The molecule has 0 heterocycles. The molecule has 1 aromatic rings. The van der Waals surface area contributed by atoms with Crippen molar-refractivity contribution in [3.63, 3.8) is 0 Å². The third-order valence-corrected chi connectivity index (χ3v) is 2.41. The number of methoxy groups -OCH3 is 1. The Labute approximate surface area is 111 Å². The van der Waals surface area contributed by atoms with Crippen molar-refractivity contribution >= 4 is 29.6 Å². The minimum atomic E-state index is -0.350. The molecular formula is C13H14ClNO3. The minimum Gasteiger partial charge on any atom is -0.469 e. The van der Waals surface area contributed by atoms with Gasteiger partial charge in [-0.15, -0.1) is 0 Å². The smallest absolute Gasteiger partial charge is 0.307 e. The molecular weight excluding hydrogens is 254 g/mol. The van der Waals surface area contributed by atoms with E-state index in [2.05, 4.69) is 10.1 Å². The first kappa shape index (κ1) is 14.3. The van der Waals surface area contributed by atoms with E-state index >= 15 is 0 Å². The summed E-state index contributed by atoms with van der Waals surface area (Å²) in [7, 11) is 1.31. The lowest BCUT2D eigenvalue weighted by molar-refractivity contribution is -0.140. The number of esters is 1. The van der Waals surface area contributed by atoms with Gasteiger partial charge in [-0.2, -0.15) is 0 Å². The lowest BCUT2D eigenvalue weighted by Gasteiger charge is -2.00. The van der Waals surface area contributed by atoms with Crippen LogP contribution in [0.3, 0.4) is 0 Å². The normalized spacial score (nSPS) is 10.3. The largest absolute Gasteiger partial charge is 0.469 e. The van der Waals surface area contributed by atoms with Crippen molar-refractivity contribution in [2.24, 2.45) is 0 Å². The molecule has 0 saturated carbocycles. The quantitative estimate of drug-likeness (QED) is 0.656. The number of hydrogen-bond acceptors (Lipinski definition) is 3. The molecule has 0 aliphatic carbocycles. The van der Waals surface area contributed by atoms with Gasteiger partial charge in [-0.05, 0) is 23.8 Å². The van der Waals surface area contributed by atoms with Crippen molar-refractivity contribution in [3.05, 3.63) is 40.9 Å². The van der Waals surface area contributed by atoms with Crippen molar-refractivity contribution in [2.75, 3.05) is 13.7 Å². The van der Waals surface area contributed by atoms with Crippen LogP contribution in [-0.4, -0.2) is 25.5 Å². The molecule has 0 fully saturated rings. The fraction of sp³-hybridized carbons (Fsp3) is 0.231. The van der Waals surface area contributed by atoms with Crippen molar-refractivity contribution in [1.29, 1.82) is 0 Å². The zero-order chi connectivity index (χ0) is 13.4. The predicted molar refractivity (Wildman–Crippen MR) is 70.1 cm³/mol. The molecule has 0 unspecified atom stereocenters. The Balaban J connectivity index is 2.35. The second-order valence-electron chi connectivity index (χ2n) is 3.50. The Morgan fingerprint density at radius 1 is 1.33 bits per heavy atom. The summed E-state index contributed by atoms with van der Waals surface area (Å²) in [6, 6.07) is 7.11. The van der Waals surface area contributed by atoms with Crippen LogP contribution in [0.25, 0.3) is 6.08 Å². The number of nitrogens with one attached hydrogen (secondary N) is 1. The van der Waals surface area contributed by atoms with Gasteiger partial charge in [-0.25, -0.2) is 0 Å². The minimum absolute atomic E-state index is 0.164. The summed E-state index contributed by atoms with van der Waals surface area (Å²) < 4.78 is 4.45. The molecule has 0 spiro atoms. The molecule has 0 aromatic heterocycles. The number of ether oxygens (including phenoxy) is 1. The molecule has 0 aliphatic rings. The Hall–Kier alpha value is -1.81. The number of carbonyl (C=O) groups excluding carboxylic acids is 2. The summed E-state index contributed by atoms with van der Waals surface area (Å²) in [4.78, 5) is 22.2. The Morgan fingerprint density at radius 2 is 2.00 bits per heavy atom. The number of amides is 1. The van der Waals surface area contributed by atoms with Gasteiger partial charge < -0.3 is 10.1 Å². The SMILES string of the molecule is COC(=O)CCNC(=O)C=Cc1ccc(Cl)cc1. The first-order valence-electron chi connectivity index (χ1n) is 5.40. The van der Waals surface area contributed by atoms with Crippen LogP contribution < -0.4 is 5.32 Å². The summed E-state index contributed by atoms with van der Waals surface area (Å²) in [5, 5.41) is 3.22. The average molecular weight is 268 g/mol. The van der Waals surface area contributed by atoms with E-state index in [1.165, 1.54) is 13.2 Å². The predicted octanol–water partition coefficient (Wildman–Crippen LogP) is 2.03. The van der Waals surface area contributed by atoms with Gasteiger partial charge in [0.05, 0.1) is 13.5 Å². The summed E-state index contributed by atoms with van der Waals surface area (Å²) in [5.74, 6) is -0.606. The van der Waals surface area contributed by atoms with Gasteiger partial charge in [0.2, 0.25) is 5.91 Å². The van der Waals surface area contributed by atoms with Crippen molar-refractivity contribution in [1.82, 2.24) is 5.32 Å². The Morgan fingerprint density at radius 3 is 2.61 bits per heavy atom. The number of rotatable bonds is 5. The van der Waals surface area contributed by atoms with Crippen molar-refractivity contribution < 1.29 is 14.3 Å². The number of halogens is 1. The van der Waals surface area contributed by atoms with E-state index in [1.807, 2.05) is 0 Å². The summed E-state index contributed by atoms with van der Waals surface area (Å²) in [6.07, 6.45) is 3.24. The molecule has 1 N–H and O–H groups in total. The van der Waals surface area contributed by atoms with Gasteiger partial charge in [-0.1, -0.05) is 23.7 Å². The van der Waals surface area contributed by atoms with Gasteiger partial charge in [0.15, 0.2) is 0 Å². The van der Waals surface area contributed by atoms with E-state index < -0.39 is 0 Å². The zero-order valence-corrected chi connectivity index (χ0v) is 10.7. The summed E-state index contributed by atoms with van der Waals surface area (Å²) in [6.45, 7) is 0.260. The second-order valence-corrected chi connectivity index (χ2v) is 3.94. The van der Waals surface area contributed by atoms with Crippen LogP contribution in [0, 0.1) is 0 Å². The molecule has 5 heteroatoms. The van der Waals surface area contributed by atoms with E-state index in [9.17, 15) is 9.59 Å². The van der Waals surface area contributed by atoms with E-state index in [1.54, 1.807) is 30.3 Å². The first-order chi connectivity index (χ1) is 8.61. The maximum absolute atomic E-state index is 11.4. The van der Waals surface area contributed by atoms with Crippen LogP contribution in [0.5, 0.6) is 0 Å². The topological polar surface area (TPSA) is 55.4 Å². The van der Waals surface area contributed by atoms with Gasteiger partial charge in [0.1, 0.15) is 0 Å². The highest BCUT2D eigenvalue weighted by molar-refractivity contribution is 6.30. The average Bonchev–Trinajstić information content (AvgIpc) is 2.38. The van der Waals surface area contributed by atoms with E-state index in [4.69, 9.17) is 11.6 Å². The molecule has 0 bridgehead atoms. The highest BCUT2D eigenvalue weighted by atomic mass is 35.5. The van der Waals surface area contributed by atoms with E-state index in [-0.39, 0.29) is 24.8 Å². The molecule has 1 aromatic carbocycles. The summed E-state index contributed by atoms with van der Waals surface area (Å²) in [5.41, 5.74) is 0.877. The maximum atomic E-state index is 11.4. The second kappa shape index (κ2) is 7.50. The van der Waals surface area contributed by atoms with Crippen molar-refractivity contribution in [3.8, 4) is 0 Å². The fourth-order valence-electron chi connectivity index (χ4n) is 1.19. The monoisotopic (exact) mass is 267 g/mol. The highest BCUT2D eigenvalue weighted by Crippen LogP contribution is 2.10. The molecule has 0 aliphatic heterocycles. The van der Waals surface area contributed by atoms with Crippen LogP contribution in [0.1, 0.15) is 12.0 Å². The molecule has 0 saturated heterocycles. The molecule has 1 rings (SSSR count). The van der Waals surface area contributed by atoms with Crippen LogP contribution in [-0.2, 0) is 14.3 Å². The molecule has 1 amide bonds. The lowest BCUT2D eigenvalue weighted by Crippen LogP contribution is -2.24. The third-order valence-electron chi connectivity index (χ3n) is 2.15. The summed E-state index contributed by atoms with van der Waals surface area (Å²) >= 11 is 5.74. The number of carbonyl (C=O) groups is 2. The maximum Gasteiger partial charge on any atom is 0.307 e. The van der Waals surface area contributed by atoms with E-state index in [0.717, 1.165) is 5.56 Å². The van der Waals surface area contributed by atoms with E-state index in [0.29, 0.717) is 5.02 Å². The molecule has 4 nitrogen and oxygen atoms in total. The van der Waals surface area contributed by atoms with Crippen LogP contribution in [0.2, 0.25) is 5.02 Å². The highest BCUT2D eigenvalue weighted by Gasteiger charge is 2.00. The molecule has 0 atom stereocenters. The fourth-order valence-corrected chi connectivity index (χ4v) is 1.32. The first-order valence-corrected chi connectivity index (χ1v) is 5.78. The molecule has 96 valence electrons. The third kappa shape index (κ3) is 5.50. The number of benzene rings is 1. The van der Waals surface area contributed by atoms with Gasteiger partial charge in [0.25, 0.3) is 0 Å². The van der Waals surface area contributed by atoms with Gasteiger partial charge >= 0.3 is 5.97 Å². The van der Waals surface area contributed by atoms with Crippen LogP contribution >= 0.6 is 11.6 Å². The Bertz CT molecular complexity index is 440. The Kier molecular flexibility index (Phi) is 5.94. The van der Waals surface area contributed by atoms with Crippen LogP contribution in [0.4, 0.5) is 0 Å². The zero-order valence-electron chi connectivity index (χ0n) is 9.98. The standard InChI is InChI=1S/C13H14ClNO3/c1-18-13(17)8-9-15-12(16)7-4-10-2-5-11(14)6-3-10/h2-7H,8-9H2,1H3,(H,15,16). The van der Waals surface area contributed by atoms with Crippen molar-refractivity contribution in [2.45, 2.75) is 6.42 Å².